The van der Waals surface area contributed by atoms with Gasteiger partial charge in [0.25, 0.3) is 0 Å². The molecule has 1 aliphatic heterocycles. The van der Waals surface area contributed by atoms with Gasteiger partial charge in [-0.05, 0) is 73.7 Å². The van der Waals surface area contributed by atoms with Gasteiger partial charge in [0.2, 0.25) is 0 Å². The van der Waals surface area contributed by atoms with Gasteiger partial charge in [0.05, 0.1) is 6.42 Å². The maximum atomic E-state index is 11.2. The zero-order valence-electron chi connectivity index (χ0n) is 11.9. The molecule has 1 atom stereocenters. The van der Waals surface area contributed by atoms with Crippen molar-refractivity contribution < 1.29 is 9.90 Å². The van der Waals surface area contributed by atoms with Crippen molar-refractivity contribution in [3.05, 3.63) is 34.9 Å². The van der Waals surface area contributed by atoms with Crippen molar-refractivity contribution in [2.45, 2.75) is 44.4 Å². The van der Waals surface area contributed by atoms with Crippen molar-refractivity contribution in [2.24, 2.45) is 5.92 Å². The van der Waals surface area contributed by atoms with Crippen molar-refractivity contribution in [1.29, 1.82) is 0 Å². The lowest BCUT2D eigenvalue weighted by Crippen LogP contribution is -2.31. The minimum atomic E-state index is -0.672. The molecule has 0 aromatic heterocycles. The zero-order chi connectivity index (χ0) is 13.9. The molecule has 2 N–H and O–H groups in total. The Labute approximate surface area is 120 Å². The highest BCUT2D eigenvalue weighted by molar-refractivity contribution is 5.68. The van der Waals surface area contributed by atoms with Crippen LogP contribution < -0.4 is 5.32 Å². The summed E-state index contributed by atoms with van der Waals surface area (Å²) in [6, 6.07) is 6.70. The molecule has 2 aliphatic rings. The lowest BCUT2D eigenvalue weighted by Gasteiger charge is -2.30. The quantitative estimate of drug-likeness (QED) is 0.887. The molecule has 1 unspecified atom stereocenters. The summed E-state index contributed by atoms with van der Waals surface area (Å²) in [5.41, 5.74) is 4.17. The van der Waals surface area contributed by atoms with E-state index in [9.17, 15) is 9.90 Å². The molecule has 1 fully saturated rings. The second kappa shape index (κ2) is 5.96. The summed E-state index contributed by atoms with van der Waals surface area (Å²) in [7, 11) is 0. The van der Waals surface area contributed by atoms with Crippen molar-refractivity contribution in [2.75, 3.05) is 13.1 Å². The molecule has 0 spiro atoms. The third-order valence-corrected chi connectivity index (χ3v) is 4.90. The highest BCUT2D eigenvalue weighted by Crippen LogP contribution is 2.36. The van der Waals surface area contributed by atoms with Crippen LogP contribution in [-0.2, 0) is 17.6 Å². The fraction of sp³-hybridized carbons (Fsp3) is 0.588. The normalized spacial score (nSPS) is 20.6. The fourth-order valence-electron chi connectivity index (χ4n) is 3.81. The third kappa shape index (κ3) is 2.88. The molecular weight excluding hydrogens is 250 g/mol. The van der Waals surface area contributed by atoms with Gasteiger partial charge in [0.1, 0.15) is 0 Å². The number of aliphatic carboxylic acids is 1. The van der Waals surface area contributed by atoms with Gasteiger partial charge in [0.15, 0.2) is 0 Å². The van der Waals surface area contributed by atoms with Crippen LogP contribution in [0.3, 0.4) is 0 Å². The van der Waals surface area contributed by atoms with Crippen LogP contribution in [0.15, 0.2) is 18.2 Å². The van der Waals surface area contributed by atoms with Crippen molar-refractivity contribution in [3.8, 4) is 0 Å². The van der Waals surface area contributed by atoms with E-state index in [4.69, 9.17) is 0 Å². The van der Waals surface area contributed by atoms with Gasteiger partial charge in [0, 0.05) is 0 Å². The Morgan fingerprint density at radius 2 is 2.00 bits per heavy atom. The van der Waals surface area contributed by atoms with Crippen LogP contribution in [0.1, 0.15) is 48.3 Å². The molecule has 1 aliphatic carbocycles. The molecule has 0 bridgehead atoms. The van der Waals surface area contributed by atoms with E-state index in [1.807, 2.05) is 0 Å². The van der Waals surface area contributed by atoms with E-state index in [0.29, 0.717) is 5.92 Å². The van der Waals surface area contributed by atoms with Crippen LogP contribution in [0.25, 0.3) is 0 Å². The van der Waals surface area contributed by atoms with Crippen LogP contribution in [0, 0.1) is 5.92 Å². The maximum absolute atomic E-state index is 11.2. The summed E-state index contributed by atoms with van der Waals surface area (Å²) in [5.74, 6) is 0.0151. The molecular formula is C17H23NO2. The first-order chi connectivity index (χ1) is 9.74. The van der Waals surface area contributed by atoms with Gasteiger partial charge < -0.3 is 10.4 Å². The molecule has 1 aromatic rings. The highest BCUT2D eigenvalue weighted by Gasteiger charge is 2.27. The first kappa shape index (κ1) is 13.6. The number of benzene rings is 1. The number of carboxylic acid groups (broad SMARTS) is 1. The predicted molar refractivity (Wildman–Crippen MR) is 79.1 cm³/mol. The van der Waals surface area contributed by atoms with Crippen LogP contribution in [0.5, 0.6) is 0 Å². The molecule has 1 heterocycles. The first-order valence-corrected chi connectivity index (χ1v) is 7.78. The van der Waals surface area contributed by atoms with Crippen molar-refractivity contribution in [3.63, 3.8) is 0 Å². The average molecular weight is 273 g/mol. The number of carbonyl (C=O) groups is 1. The summed E-state index contributed by atoms with van der Waals surface area (Å²) >= 11 is 0. The Bertz CT molecular complexity index is 492. The van der Waals surface area contributed by atoms with E-state index < -0.39 is 5.97 Å². The molecule has 0 amide bonds. The summed E-state index contributed by atoms with van der Waals surface area (Å²) in [6.07, 6.45) is 6.05. The highest BCUT2D eigenvalue weighted by atomic mass is 16.4. The molecule has 3 nitrogen and oxygen atoms in total. The van der Waals surface area contributed by atoms with Crippen LogP contribution in [0.4, 0.5) is 0 Å². The fourth-order valence-corrected chi connectivity index (χ4v) is 3.81. The Kier molecular flexibility index (Phi) is 4.06. The van der Waals surface area contributed by atoms with Crippen LogP contribution in [0.2, 0.25) is 0 Å². The van der Waals surface area contributed by atoms with E-state index >= 15 is 0 Å². The predicted octanol–water partition coefficient (Wildman–Crippen LogP) is 2.73. The Balaban J connectivity index is 1.85. The molecule has 1 saturated heterocycles. The molecule has 3 heteroatoms. The summed E-state index contributed by atoms with van der Waals surface area (Å²) in [5, 5.41) is 12.6. The number of hydrogen-bond donors (Lipinski definition) is 2. The average Bonchev–Trinajstić information content (AvgIpc) is 2.93. The molecule has 108 valence electrons. The third-order valence-electron chi connectivity index (χ3n) is 4.90. The monoisotopic (exact) mass is 273 g/mol. The lowest BCUT2D eigenvalue weighted by atomic mass is 9.78. The lowest BCUT2D eigenvalue weighted by molar-refractivity contribution is -0.137. The van der Waals surface area contributed by atoms with Gasteiger partial charge in [-0.2, -0.15) is 0 Å². The Hall–Kier alpha value is -1.35. The number of piperidine rings is 1. The molecule has 0 radical (unpaired) electrons. The van der Waals surface area contributed by atoms with Gasteiger partial charge in [-0.25, -0.2) is 0 Å². The molecule has 0 saturated carbocycles. The molecule has 3 rings (SSSR count). The summed E-state index contributed by atoms with van der Waals surface area (Å²) in [4.78, 5) is 11.2. The first-order valence-electron chi connectivity index (χ1n) is 7.78. The number of fused-ring (bicyclic) bond motifs is 1. The Morgan fingerprint density at radius 1 is 1.25 bits per heavy atom. The SMILES string of the molecule is O=C(O)CC(c1ccc2c(c1)CCC2)C1CCNCC1. The largest absolute Gasteiger partial charge is 0.481 e. The molecule has 1 aromatic carbocycles. The van der Waals surface area contributed by atoms with E-state index in [-0.39, 0.29) is 12.3 Å². The van der Waals surface area contributed by atoms with Crippen LogP contribution >= 0.6 is 0 Å². The Morgan fingerprint density at radius 3 is 2.75 bits per heavy atom. The maximum Gasteiger partial charge on any atom is 0.303 e. The van der Waals surface area contributed by atoms with Gasteiger partial charge in [-0.3, -0.25) is 4.79 Å². The topological polar surface area (TPSA) is 49.3 Å². The second-order valence-corrected chi connectivity index (χ2v) is 6.17. The van der Waals surface area contributed by atoms with E-state index in [1.165, 1.54) is 29.5 Å². The number of aryl methyl sites for hydroxylation is 2. The smallest absolute Gasteiger partial charge is 0.303 e. The van der Waals surface area contributed by atoms with Crippen molar-refractivity contribution in [1.82, 2.24) is 5.32 Å². The zero-order valence-corrected chi connectivity index (χ0v) is 11.9. The number of hydrogen-bond acceptors (Lipinski definition) is 2. The van der Waals surface area contributed by atoms with E-state index in [0.717, 1.165) is 32.4 Å². The number of nitrogens with one attached hydrogen (secondary N) is 1. The molecule has 20 heavy (non-hydrogen) atoms. The standard InChI is InChI=1S/C17H23NO2/c19-17(20)11-16(13-6-8-18-9-7-13)15-5-4-12-2-1-3-14(12)10-15/h4-5,10,13,16,18H,1-3,6-9,11H2,(H,19,20). The van der Waals surface area contributed by atoms with Gasteiger partial charge in [-0.1, -0.05) is 18.2 Å². The van der Waals surface area contributed by atoms with E-state index in [2.05, 4.69) is 23.5 Å². The van der Waals surface area contributed by atoms with Gasteiger partial charge >= 0.3 is 5.97 Å². The summed E-state index contributed by atoms with van der Waals surface area (Å²) in [6.45, 7) is 2.04. The van der Waals surface area contributed by atoms with E-state index in [1.54, 1.807) is 0 Å². The minimum absolute atomic E-state index is 0.181. The number of carboxylic acids is 1. The summed E-state index contributed by atoms with van der Waals surface area (Å²) < 4.78 is 0. The second-order valence-electron chi connectivity index (χ2n) is 6.17. The van der Waals surface area contributed by atoms with Crippen molar-refractivity contribution >= 4 is 5.97 Å². The minimum Gasteiger partial charge on any atom is -0.481 e. The van der Waals surface area contributed by atoms with Crippen LogP contribution in [-0.4, -0.2) is 24.2 Å². The van der Waals surface area contributed by atoms with Gasteiger partial charge in [-0.15, -0.1) is 0 Å². The number of rotatable bonds is 4.